The summed E-state index contributed by atoms with van der Waals surface area (Å²) in [5, 5.41) is 35.4. The lowest BCUT2D eigenvalue weighted by Gasteiger charge is -1.99. The Bertz CT molecular complexity index is 705. The predicted octanol–water partition coefficient (Wildman–Crippen LogP) is -6.45. The van der Waals surface area contributed by atoms with Gasteiger partial charge in [0.15, 0.2) is 0 Å². The van der Waals surface area contributed by atoms with Crippen molar-refractivity contribution in [2.75, 3.05) is 122 Å². The Morgan fingerprint density at radius 1 is 0.533 bits per heavy atom. The molecule has 0 bridgehead atoms. The third-order valence-electron chi connectivity index (χ3n) is 4.70. The van der Waals surface area contributed by atoms with Crippen LogP contribution in [-0.2, 0) is 49.2 Å². The quantitative estimate of drug-likeness (QED) is 0.0786. The van der Waals surface area contributed by atoms with Crippen LogP contribution in [0.15, 0.2) is 42.5 Å². The maximum Gasteiger partial charge on any atom is 0.0993 e. The molecule has 15 nitrogen and oxygen atoms in total. The van der Waals surface area contributed by atoms with E-state index in [-0.39, 0.29) is 6.42 Å². The van der Waals surface area contributed by atoms with Crippen molar-refractivity contribution in [3.8, 4) is 0 Å². The first-order valence-corrected chi connectivity index (χ1v) is 14.4. The number of ether oxygens (including phenoxy) is 6. The first-order valence-electron chi connectivity index (χ1n) is 14.4. The molecule has 0 unspecified atom stereocenters. The van der Waals surface area contributed by atoms with Crippen molar-refractivity contribution < 1.29 is 74.1 Å². The number of carboxylic acids is 3. The molecule has 0 heterocycles. The van der Waals surface area contributed by atoms with Crippen molar-refractivity contribution in [2.45, 2.75) is 6.42 Å². The average molecular weight is 652 g/mol. The summed E-state index contributed by atoms with van der Waals surface area (Å²) in [6.45, 7) is 11.1. The third kappa shape index (κ3) is 60.9. The fraction of sp³-hybridized carbons (Fsp3) is 0.633. The van der Waals surface area contributed by atoms with Gasteiger partial charge in [-0.2, -0.15) is 0 Å². The summed E-state index contributed by atoms with van der Waals surface area (Å²) in [6.07, 6.45) is 0.769. The van der Waals surface area contributed by atoms with Crippen molar-refractivity contribution in [3.63, 3.8) is 0 Å². The van der Waals surface area contributed by atoms with Gasteiger partial charge in [0.2, 0.25) is 0 Å². The highest BCUT2D eigenvalue weighted by molar-refractivity contribution is 5.87. The van der Waals surface area contributed by atoms with E-state index in [0.29, 0.717) is 12.2 Å². The number of hydrogen-bond acceptors (Lipinski definition) is 12. The molecule has 45 heavy (non-hydrogen) atoms. The minimum Gasteiger partial charge on any atom is -0.550 e. The Kier molecular flexibility index (Phi) is 49.4. The molecule has 0 aliphatic heterocycles. The van der Waals surface area contributed by atoms with Crippen molar-refractivity contribution in [3.05, 3.63) is 48.0 Å². The third-order valence-corrected chi connectivity index (χ3v) is 4.70. The Hall–Kier alpha value is -2.99. The van der Waals surface area contributed by atoms with Gasteiger partial charge in [-0.1, -0.05) is 30.3 Å². The van der Waals surface area contributed by atoms with Crippen molar-refractivity contribution >= 4 is 17.9 Å². The Labute approximate surface area is 268 Å². The van der Waals surface area contributed by atoms with Gasteiger partial charge in [0, 0.05) is 55.0 Å². The number of hydrogen-bond donors (Lipinski definition) is 3. The summed E-state index contributed by atoms with van der Waals surface area (Å²) in [5.74, 6) is -4.13. The zero-order chi connectivity index (χ0) is 34.8. The highest BCUT2D eigenvalue weighted by Gasteiger charge is 1.90. The molecule has 0 atom stereocenters. The first kappa shape index (κ1) is 48.9. The van der Waals surface area contributed by atoms with E-state index in [4.69, 9.17) is 28.4 Å². The Morgan fingerprint density at radius 3 is 1.00 bits per heavy atom. The maximum atomic E-state index is 10.1. The van der Waals surface area contributed by atoms with Gasteiger partial charge >= 0.3 is 0 Å². The van der Waals surface area contributed by atoms with Crippen LogP contribution < -0.4 is 31.3 Å². The first-order chi connectivity index (χ1) is 21.7. The summed E-state index contributed by atoms with van der Waals surface area (Å²) < 4.78 is 29.1. The van der Waals surface area contributed by atoms with Gasteiger partial charge in [-0.25, -0.2) is 0 Å². The molecule has 6 N–H and O–H groups in total. The van der Waals surface area contributed by atoms with Gasteiger partial charge in [-0.15, -0.1) is 0 Å². The van der Waals surface area contributed by atoms with Crippen LogP contribution >= 0.6 is 0 Å². The molecule has 1 aromatic carbocycles. The molecule has 0 aliphatic rings. The number of carbonyl (C=O) groups excluding carboxylic acids is 3. The average Bonchev–Trinajstić information content (AvgIpc) is 3.01. The number of methoxy groups -OCH3 is 6. The topological polar surface area (TPSA) is 226 Å². The van der Waals surface area contributed by atoms with Crippen LogP contribution in [0.2, 0.25) is 0 Å². The van der Waals surface area contributed by atoms with E-state index in [9.17, 15) is 29.7 Å². The molecular weight excluding hydrogens is 594 g/mol. The number of carbonyl (C=O) groups is 3. The van der Waals surface area contributed by atoms with E-state index in [0.717, 1.165) is 84.5 Å². The van der Waals surface area contributed by atoms with Crippen LogP contribution in [0.4, 0.5) is 0 Å². The fourth-order valence-electron chi connectivity index (χ4n) is 2.54. The summed E-state index contributed by atoms with van der Waals surface area (Å²) >= 11 is 0. The number of carboxylic acid groups (broad SMARTS) is 3. The van der Waals surface area contributed by atoms with Gasteiger partial charge in [0.05, 0.1) is 90.8 Å². The lowest BCUT2D eigenvalue weighted by Crippen LogP contribution is -2.86. The predicted molar refractivity (Wildman–Crippen MR) is 161 cm³/mol. The molecule has 1 rings (SSSR count). The Morgan fingerprint density at radius 2 is 0.800 bits per heavy atom. The molecule has 0 fully saturated rings. The van der Waals surface area contributed by atoms with E-state index in [2.05, 4.69) is 16.0 Å². The van der Waals surface area contributed by atoms with Crippen LogP contribution in [0.3, 0.4) is 0 Å². The van der Waals surface area contributed by atoms with Crippen LogP contribution in [-0.4, -0.2) is 139 Å². The molecule has 0 saturated heterocycles. The van der Waals surface area contributed by atoms with Crippen LogP contribution in [0.1, 0.15) is 5.56 Å². The molecule has 15 heteroatoms. The monoisotopic (exact) mass is 651 g/mol. The molecule has 0 amide bonds. The van der Waals surface area contributed by atoms with Crippen LogP contribution in [0, 0.1) is 0 Å². The highest BCUT2D eigenvalue weighted by atomic mass is 16.5. The number of rotatable bonds is 22. The SMILES string of the molecule is COCC[NH2+]CCOC.COCC[NH2+]CCOC.COCC[NH2+]CCOC.O=C([O-])/C=C/C(=O)[O-].O=C([O-])Cc1ccccc1. The van der Waals surface area contributed by atoms with Crippen molar-refractivity contribution in [1.29, 1.82) is 0 Å². The lowest BCUT2D eigenvalue weighted by atomic mass is 10.2. The van der Waals surface area contributed by atoms with E-state index >= 15 is 0 Å². The van der Waals surface area contributed by atoms with E-state index in [1.165, 1.54) is 0 Å². The van der Waals surface area contributed by atoms with Gasteiger partial charge in [0.25, 0.3) is 0 Å². The number of benzene rings is 1. The van der Waals surface area contributed by atoms with Crippen molar-refractivity contribution in [2.24, 2.45) is 0 Å². The maximum absolute atomic E-state index is 10.1. The summed E-state index contributed by atoms with van der Waals surface area (Å²) in [7, 11) is 10.3. The van der Waals surface area contributed by atoms with Gasteiger partial charge in [-0.3, -0.25) is 0 Å². The second kappa shape index (κ2) is 45.4. The molecule has 264 valence electrons. The largest absolute Gasteiger partial charge is 0.550 e. The number of quaternary nitrogens is 3. The van der Waals surface area contributed by atoms with Crippen LogP contribution in [0.5, 0.6) is 0 Å². The second-order valence-corrected chi connectivity index (χ2v) is 8.56. The molecule has 0 spiro atoms. The van der Waals surface area contributed by atoms with Gasteiger partial charge < -0.3 is 74.1 Å². The minimum atomic E-state index is -1.55. The van der Waals surface area contributed by atoms with Crippen molar-refractivity contribution in [1.82, 2.24) is 0 Å². The molecule has 0 aromatic heterocycles. The second-order valence-electron chi connectivity index (χ2n) is 8.56. The Balaban J connectivity index is -0.000000234. The molecular formula is C30H57N3O12. The van der Waals surface area contributed by atoms with E-state index < -0.39 is 17.9 Å². The smallest absolute Gasteiger partial charge is 0.0993 e. The number of nitrogens with two attached hydrogens (primary N) is 3. The number of aliphatic carboxylic acids is 3. The van der Waals surface area contributed by atoms with E-state index in [1.807, 2.05) is 6.07 Å². The normalized spacial score (nSPS) is 9.73. The standard InChI is InChI=1S/C8H8O2.3C6H15NO2.C4H4O4/c9-8(10)6-7-4-2-1-3-5-7;3*1-8-5-3-7-4-6-9-2;5-3(6)1-2-4(7)8/h1-5H,6H2,(H,9,10);3*7H,3-6H2,1-2H3;1-2H,(H,5,6)(H,7,8)/b;;;;2-1+. The minimum absolute atomic E-state index is 0.000833. The molecule has 0 saturated carbocycles. The highest BCUT2D eigenvalue weighted by Crippen LogP contribution is 1.97. The lowest BCUT2D eigenvalue weighted by molar-refractivity contribution is -0.657. The summed E-state index contributed by atoms with van der Waals surface area (Å²) in [4.78, 5) is 28.9. The van der Waals surface area contributed by atoms with Gasteiger partial charge in [-0.05, 0) is 17.7 Å². The summed E-state index contributed by atoms with van der Waals surface area (Å²) in [6, 6.07) is 8.97. The molecule has 0 radical (unpaired) electrons. The molecule has 1 aromatic rings. The fourth-order valence-corrected chi connectivity index (χ4v) is 2.54. The zero-order valence-electron chi connectivity index (χ0n) is 27.9. The zero-order valence-corrected chi connectivity index (χ0v) is 27.9. The van der Waals surface area contributed by atoms with Crippen LogP contribution in [0.25, 0.3) is 0 Å². The van der Waals surface area contributed by atoms with E-state index in [1.54, 1.807) is 66.9 Å². The molecule has 0 aliphatic carbocycles. The summed E-state index contributed by atoms with van der Waals surface area (Å²) in [5.41, 5.74) is 0.780. The van der Waals surface area contributed by atoms with Gasteiger partial charge in [0.1, 0.15) is 0 Å².